The standard InChI is InChI=1S/C18H20N2O4/c1-12-5-6-13(16(21)19-11-18(23)7-3-8-18)10-14(12)20-17(22)15-4-2-9-24-15/h2,4-6,9-10,23H,3,7-8,11H2,1H3,(H,19,21)(H,20,22). The first-order valence-corrected chi connectivity index (χ1v) is 7.93. The van der Waals surface area contributed by atoms with Crippen molar-refractivity contribution >= 4 is 17.5 Å². The van der Waals surface area contributed by atoms with Crippen molar-refractivity contribution in [3.05, 3.63) is 53.5 Å². The first-order valence-electron chi connectivity index (χ1n) is 7.93. The van der Waals surface area contributed by atoms with E-state index in [0.717, 1.165) is 12.0 Å². The summed E-state index contributed by atoms with van der Waals surface area (Å²) < 4.78 is 5.06. The molecule has 3 N–H and O–H groups in total. The molecular weight excluding hydrogens is 308 g/mol. The van der Waals surface area contributed by atoms with Crippen LogP contribution in [0.5, 0.6) is 0 Å². The molecule has 3 rings (SSSR count). The lowest BCUT2D eigenvalue weighted by atomic mass is 9.80. The van der Waals surface area contributed by atoms with Gasteiger partial charge in [0.15, 0.2) is 5.76 Å². The quantitative estimate of drug-likeness (QED) is 0.786. The van der Waals surface area contributed by atoms with Gasteiger partial charge in [-0.25, -0.2) is 0 Å². The summed E-state index contributed by atoms with van der Waals surface area (Å²) in [5, 5.41) is 15.5. The lowest BCUT2D eigenvalue weighted by Crippen LogP contribution is -2.47. The Labute approximate surface area is 139 Å². The predicted molar refractivity (Wildman–Crippen MR) is 89.0 cm³/mol. The number of furan rings is 1. The number of hydrogen-bond acceptors (Lipinski definition) is 4. The largest absolute Gasteiger partial charge is 0.459 e. The van der Waals surface area contributed by atoms with Crippen molar-refractivity contribution in [1.82, 2.24) is 5.32 Å². The summed E-state index contributed by atoms with van der Waals surface area (Å²) in [6, 6.07) is 8.29. The van der Waals surface area contributed by atoms with E-state index in [-0.39, 0.29) is 24.1 Å². The number of aliphatic hydroxyl groups is 1. The van der Waals surface area contributed by atoms with Crippen LogP contribution >= 0.6 is 0 Å². The summed E-state index contributed by atoms with van der Waals surface area (Å²) >= 11 is 0. The summed E-state index contributed by atoms with van der Waals surface area (Å²) in [7, 11) is 0. The van der Waals surface area contributed by atoms with Gasteiger partial charge in [0.2, 0.25) is 0 Å². The third-order valence-corrected chi connectivity index (χ3v) is 4.36. The molecule has 1 heterocycles. The van der Waals surface area contributed by atoms with Crippen LogP contribution in [0, 0.1) is 6.92 Å². The van der Waals surface area contributed by atoms with Crippen LogP contribution in [0.3, 0.4) is 0 Å². The first-order chi connectivity index (χ1) is 11.5. The third kappa shape index (κ3) is 3.49. The van der Waals surface area contributed by atoms with E-state index in [1.54, 1.807) is 30.3 Å². The number of benzene rings is 1. The van der Waals surface area contributed by atoms with Crippen molar-refractivity contribution in [2.75, 3.05) is 11.9 Å². The maximum Gasteiger partial charge on any atom is 0.291 e. The molecule has 0 aliphatic heterocycles. The lowest BCUT2D eigenvalue weighted by molar-refractivity contribution is -0.0300. The number of aryl methyl sites for hydroxylation is 1. The maximum absolute atomic E-state index is 12.3. The maximum atomic E-state index is 12.3. The fraction of sp³-hybridized carbons (Fsp3) is 0.333. The van der Waals surface area contributed by atoms with Crippen LogP contribution in [0.1, 0.15) is 45.7 Å². The van der Waals surface area contributed by atoms with Crippen molar-refractivity contribution in [2.45, 2.75) is 31.8 Å². The highest BCUT2D eigenvalue weighted by Crippen LogP contribution is 2.30. The van der Waals surface area contributed by atoms with E-state index < -0.39 is 5.60 Å². The minimum atomic E-state index is -0.767. The highest BCUT2D eigenvalue weighted by molar-refractivity contribution is 6.03. The Bertz CT molecular complexity index is 748. The van der Waals surface area contributed by atoms with Gasteiger partial charge in [-0.2, -0.15) is 0 Å². The van der Waals surface area contributed by atoms with E-state index in [0.29, 0.717) is 24.1 Å². The molecular formula is C18H20N2O4. The van der Waals surface area contributed by atoms with Gasteiger partial charge in [0, 0.05) is 17.8 Å². The molecule has 2 amide bonds. The summed E-state index contributed by atoms with van der Waals surface area (Å²) in [4.78, 5) is 24.3. The zero-order chi connectivity index (χ0) is 17.2. The second-order valence-electron chi connectivity index (χ2n) is 6.22. The summed E-state index contributed by atoms with van der Waals surface area (Å²) in [6.45, 7) is 2.09. The van der Waals surface area contributed by atoms with E-state index in [1.807, 2.05) is 6.92 Å². The Morgan fingerprint density at radius 2 is 2.04 bits per heavy atom. The Morgan fingerprint density at radius 1 is 1.25 bits per heavy atom. The SMILES string of the molecule is Cc1ccc(C(=O)NCC2(O)CCC2)cc1NC(=O)c1ccco1. The smallest absolute Gasteiger partial charge is 0.291 e. The third-order valence-electron chi connectivity index (χ3n) is 4.36. The molecule has 0 radical (unpaired) electrons. The van der Waals surface area contributed by atoms with Crippen LogP contribution in [-0.2, 0) is 0 Å². The van der Waals surface area contributed by atoms with Crippen molar-refractivity contribution in [3.8, 4) is 0 Å². The van der Waals surface area contributed by atoms with Crippen LogP contribution in [0.25, 0.3) is 0 Å². The summed E-state index contributed by atoms with van der Waals surface area (Å²) in [5.74, 6) is -0.440. The van der Waals surface area contributed by atoms with E-state index in [1.165, 1.54) is 6.26 Å². The van der Waals surface area contributed by atoms with E-state index in [2.05, 4.69) is 10.6 Å². The molecule has 1 fully saturated rings. The minimum absolute atomic E-state index is 0.205. The Morgan fingerprint density at radius 3 is 2.67 bits per heavy atom. The van der Waals surface area contributed by atoms with Crippen LogP contribution in [0.2, 0.25) is 0 Å². The molecule has 6 nitrogen and oxygen atoms in total. The Hall–Kier alpha value is -2.60. The van der Waals surface area contributed by atoms with Gasteiger partial charge in [0.25, 0.3) is 11.8 Å². The highest BCUT2D eigenvalue weighted by atomic mass is 16.3. The molecule has 0 saturated heterocycles. The van der Waals surface area contributed by atoms with Crippen LogP contribution in [0.15, 0.2) is 41.0 Å². The van der Waals surface area contributed by atoms with Gasteiger partial charge in [-0.1, -0.05) is 6.07 Å². The number of anilines is 1. The zero-order valence-electron chi connectivity index (χ0n) is 13.5. The van der Waals surface area contributed by atoms with Gasteiger partial charge < -0.3 is 20.2 Å². The molecule has 1 saturated carbocycles. The zero-order valence-corrected chi connectivity index (χ0v) is 13.5. The number of carbonyl (C=O) groups is 2. The first kappa shape index (κ1) is 16.3. The molecule has 0 atom stereocenters. The van der Waals surface area contributed by atoms with Crippen molar-refractivity contribution < 1.29 is 19.1 Å². The Balaban J connectivity index is 1.68. The van der Waals surface area contributed by atoms with Gasteiger partial charge >= 0.3 is 0 Å². The number of rotatable bonds is 5. The molecule has 0 bridgehead atoms. The van der Waals surface area contributed by atoms with Crippen LogP contribution in [-0.4, -0.2) is 29.1 Å². The number of nitrogens with one attached hydrogen (secondary N) is 2. The molecule has 2 aromatic rings. The second-order valence-corrected chi connectivity index (χ2v) is 6.22. The number of amides is 2. The monoisotopic (exact) mass is 328 g/mol. The Kier molecular flexibility index (Phi) is 4.40. The van der Waals surface area contributed by atoms with E-state index >= 15 is 0 Å². The number of hydrogen-bond donors (Lipinski definition) is 3. The van der Waals surface area contributed by atoms with Crippen molar-refractivity contribution in [1.29, 1.82) is 0 Å². The molecule has 1 aliphatic rings. The van der Waals surface area contributed by atoms with Gasteiger partial charge in [-0.05, 0) is 56.0 Å². The average molecular weight is 328 g/mol. The number of carbonyl (C=O) groups excluding carboxylic acids is 2. The van der Waals surface area contributed by atoms with Crippen molar-refractivity contribution in [3.63, 3.8) is 0 Å². The summed E-state index contributed by atoms with van der Waals surface area (Å²) in [6.07, 6.45) is 3.84. The molecule has 0 spiro atoms. The topological polar surface area (TPSA) is 91.6 Å². The second kappa shape index (κ2) is 6.49. The molecule has 6 heteroatoms. The molecule has 1 aromatic heterocycles. The average Bonchev–Trinajstić information content (AvgIpc) is 3.07. The predicted octanol–water partition coefficient (Wildman–Crippen LogP) is 2.49. The summed E-state index contributed by atoms with van der Waals surface area (Å²) in [5.41, 5.74) is 1.05. The molecule has 1 aliphatic carbocycles. The molecule has 126 valence electrons. The van der Waals surface area contributed by atoms with Crippen LogP contribution < -0.4 is 10.6 Å². The highest BCUT2D eigenvalue weighted by Gasteiger charge is 2.34. The van der Waals surface area contributed by atoms with Gasteiger partial charge in [0.1, 0.15) is 0 Å². The van der Waals surface area contributed by atoms with Crippen LogP contribution in [0.4, 0.5) is 5.69 Å². The van der Waals surface area contributed by atoms with E-state index in [4.69, 9.17) is 4.42 Å². The fourth-order valence-electron chi connectivity index (χ4n) is 2.60. The molecule has 24 heavy (non-hydrogen) atoms. The molecule has 0 unspecified atom stereocenters. The van der Waals surface area contributed by atoms with E-state index in [9.17, 15) is 14.7 Å². The molecule has 1 aromatic carbocycles. The van der Waals surface area contributed by atoms with Gasteiger partial charge in [-0.15, -0.1) is 0 Å². The van der Waals surface area contributed by atoms with Gasteiger partial charge in [0.05, 0.1) is 11.9 Å². The van der Waals surface area contributed by atoms with Crippen molar-refractivity contribution in [2.24, 2.45) is 0 Å². The lowest BCUT2D eigenvalue weighted by Gasteiger charge is -2.36. The van der Waals surface area contributed by atoms with Gasteiger partial charge in [-0.3, -0.25) is 9.59 Å². The fourth-order valence-corrected chi connectivity index (χ4v) is 2.60. The minimum Gasteiger partial charge on any atom is -0.459 e. The normalized spacial score (nSPS) is 15.4.